The summed E-state index contributed by atoms with van der Waals surface area (Å²) in [6.07, 6.45) is 0. The average molecular weight is 320 g/mol. The Kier molecular flexibility index (Phi) is 5.32. The summed E-state index contributed by atoms with van der Waals surface area (Å²) in [4.78, 5) is 10.5. The van der Waals surface area contributed by atoms with Crippen LogP contribution in [0.4, 0.5) is 11.4 Å². The van der Waals surface area contributed by atoms with Crippen molar-refractivity contribution in [3.05, 3.63) is 69.2 Å². The van der Waals surface area contributed by atoms with Crippen molar-refractivity contribution >= 4 is 28.9 Å². The largest absolute Gasteiger partial charge is 0.477 e. The Morgan fingerprint density at radius 2 is 2.05 bits per heavy atom. The summed E-state index contributed by atoms with van der Waals surface area (Å²) >= 11 is 5.87. The van der Waals surface area contributed by atoms with E-state index in [2.05, 4.69) is 10.5 Å². The lowest BCUT2D eigenvalue weighted by Gasteiger charge is -2.08. The van der Waals surface area contributed by atoms with Gasteiger partial charge in [0.1, 0.15) is 5.69 Å². The van der Waals surface area contributed by atoms with Crippen molar-refractivity contribution in [1.29, 1.82) is 0 Å². The summed E-state index contributed by atoms with van der Waals surface area (Å²) in [5, 5.41) is 15.5. The minimum atomic E-state index is -0.503. The van der Waals surface area contributed by atoms with E-state index >= 15 is 0 Å². The standard InChI is InChI=1S/C15H14ClN3O3/c1-2-22-15(11-6-4-3-5-7-11)18-17-13-10-12(16)8-9-14(13)19(20)21/h3-10,17H,2H2,1H3. The molecule has 0 atom stereocenters. The van der Waals surface area contributed by atoms with E-state index in [0.29, 0.717) is 17.5 Å². The molecule has 0 aliphatic carbocycles. The molecule has 0 unspecified atom stereocenters. The van der Waals surface area contributed by atoms with Crippen molar-refractivity contribution < 1.29 is 9.66 Å². The smallest absolute Gasteiger partial charge is 0.294 e. The maximum Gasteiger partial charge on any atom is 0.294 e. The number of nitro groups is 1. The molecule has 0 spiro atoms. The number of halogens is 1. The van der Waals surface area contributed by atoms with Gasteiger partial charge >= 0.3 is 0 Å². The van der Waals surface area contributed by atoms with Crippen LogP contribution < -0.4 is 5.43 Å². The van der Waals surface area contributed by atoms with Crippen molar-refractivity contribution in [3.8, 4) is 0 Å². The molecule has 2 aromatic rings. The van der Waals surface area contributed by atoms with E-state index in [-0.39, 0.29) is 11.4 Å². The van der Waals surface area contributed by atoms with Gasteiger partial charge in [-0.1, -0.05) is 29.8 Å². The zero-order chi connectivity index (χ0) is 15.9. The van der Waals surface area contributed by atoms with E-state index < -0.39 is 4.92 Å². The molecular formula is C15H14ClN3O3. The van der Waals surface area contributed by atoms with Crippen LogP contribution in [0.5, 0.6) is 0 Å². The molecule has 0 aliphatic heterocycles. The second-order valence-corrected chi connectivity index (χ2v) is 4.68. The third-order valence-electron chi connectivity index (χ3n) is 2.73. The van der Waals surface area contributed by atoms with Crippen LogP contribution in [0.1, 0.15) is 12.5 Å². The van der Waals surface area contributed by atoms with Crippen LogP contribution in [0.3, 0.4) is 0 Å². The highest BCUT2D eigenvalue weighted by molar-refractivity contribution is 6.31. The number of nitrogens with one attached hydrogen (secondary N) is 1. The van der Waals surface area contributed by atoms with Crippen LogP contribution >= 0.6 is 11.6 Å². The molecule has 0 saturated carbocycles. The zero-order valence-corrected chi connectivity index (χ0v) is 12.6. The predicted molar refractivity (Wildman–Crippen MR) is 86.3 cm³/mol. The lowest BCUT2D eigenvalue weighted by molar-refractivity contribution is -0.384. The lowest BCUT2D eigenvalue weighted by atomic mass is 10.2. The minimum absolute atomic E-state index is 0.114. The van der Waals surface area contributed by atoms with Crippen molar-refractivity contribution in [2.45, 2.75) is 6.92 Å². The monoisotopic (exact) mass is 319 g/mol. The maximum atomic E-state index is 11.0. The van der Waals surface area contributed by atoms with E-state index in [1.807, 2.05) is 37.3 Å². The number of hydrogen-bond acceptors (Lipinski definition) is 5. The Morgan fingerprint density at radius 3 is 2.68 bits per heavy atom. The number of hydrazone groups is 1. The van der Waals surface area contributed by atoms with Crippen LogP contribution in [0.25, 0.3) is 0 Å². The first-order valence-corrected chi connectivity index (χ1v) is 6.95. The normalized spacial score (nSPS) is 11.1. The molecule has 0 amide bonds. The molecule has 7 heteroatoms. The van der Waals surface area contributed by atoms with E-state index in [4.69, 9.17) is 16.3 Å². The number of hydrogen-bond donors (Lipinski definition) is 1. The van der Waals surface area contributed by atoms with Crippen molar-refractivity contribution in [2.75, 3.05) is 12.0 Å². The molecule has 2 aromatic carbocycles. The molecule has 114 valence electrons. The Bertz CT molecular complexity index is 690. The first kappa shape index (κ1) is 15.8. The summed E-state index contributed by atoms with van der Waals surface area (Å²) in [6.45, 7) is 2.26. The molecule has 0 saturated heterocycles. The topological polar surface area (TPSA) is 76.8 Å². The van der Waals surface area contributed by atoms with Gasteiger partial charge in [-0.05, 0) is 31.2 Å². The van der Waals surface area contributed by atoms with Crippen LogP contribution in [0, 0.1) is 10.1 Å². The summed E-state index contributed by atoms with van der Waals surface area (Å²) in [5.41, 5.74) is 3.51. The molecule has 0 bridgehead atoms. The molecule has 22 heavy (non-hydrogen) atoms. The SMILES string of the molecule is CCOC(=NNc1cc(Cl)ccc1[N+](=O)[O-])c1ccccc1. The van der Waals surface area contributed by atoms with E-state index in [9.17, 15) is 10.1 Å². The molecule has 0 fully saturated rings. The minimum Gasteiger partial charge on any atom is -0.477 e. The molecular weight excluding hydrogens is 306 g/mol. The summed E-state index contributed by atoms with van der Waals surface area (Å²) in [6, 6.07) is 13.5. The van der Waals surface area contributed by atoms with Gasteiger partial charge in [0, 0.05) is 16.7 Å². The maximum absolute atomic E-state index is 11.0. The first-order valence-electron chi connectivity index (χ1n) is 6.57. The predicted octanol–water partition coefficient (Wildman–Crippen LogP) is 4.06. The van der Waals surface area contributed by atoms with Gasteiger partial charge in [-0.15, -0.1) is 5.10 Å². The molecule has 2 rings (SSSR count). The fourth-order valence-electron chi connectivity index (χ4n) is 1.77. The van der Waals surface area contributed by atoms with Gasteiger partial charge in [-0.25, -0.2) is 0 Å². The third kappa shape index (κ3) is 3.95. The average Bonchev–Trinajstić information content (AvgIpc) is 2.52. The van der Waals surface area contributed by atoms with Crippen LogP contribution in [-0.2, 0) is 4.74 Å². The number of anilines is 1. The molecule has 1 N–H and O–H groups in total. The molecule has 0 aromatic heterocycles. The number of benzene rings is 2. The second kappa shape index (κ2) is 7.42. The molecule has 0 aliphatic rings. The fourth-order valence-corrected chi connectivity index (χ4v) is 1.94. The van der Waals surface area contributed by atoms with Gasteiger partial charge in [0.15, 0.2) is 0 Å². The van der Waals surface area contributed by atoms with Gasteiger partial charge in [0.05, 0.1) is 11.5 Å². The second-order valence-electron chi connectivity index (χ2n) is 4.25. The Labute approximate surface area is 132 Å². The Hall–Kier alpha value is -2.60. The van der Waals surface area contributed by atoms with Gasteiger partial charge in [0.25, 0.3) is 5.69 Å². The van der Waals surface area contributed by atoms with Gasteiger partial charge in [0.2, 0.25) is 5.90 Å². The summed E-state index contributed by atoms with van der Waals surface area (Å²) in [7, 11) is 0. The molecule has 0 heterocycles. The third-order valence-corrected chi connectivity index (χ3v) is 2.97. The van der Waals surface area contributed by atoms with Gasteiger partial charge < -0.3 is 4.74 Å². The molecule has 0 radical (unpaired) electrons. The molecule has 6 nitrogen and oxygen atoms in total. The van der Waals surface area contributed by atoms with Crippen molar-refractivity contribution in [3.63, 3.8) is 0 Å². The number of nitrogens with zero attached hydrogens (tertiary/aromatic N) is 2. The number of nitro benzene ring substituents is 1. The van der Waals surface area contributed by atoms with E-state index in [1.165, 1.54) is 18.2 Å². The highest BCUT2D eigenvalue weighted by Gasteiger charge is 2.14. The summed E-state index contributed by atoms with van der Waals surface area (Å²) < 4.78 is 5.47. The van der Waals surface area contributed by atoms with Crippen molar-refractivity contribution in [1.82, 2.24) is 0 Å². The zero-order valence-electron chi connectivity index (χ0n) is 11.8. The highest BCUT2D eigenvalue weighted by atomic mass is 35.5. The van der Waals surface area contributed by atoms with Crippen LogP contribution in [-0.4, -0.2) is 17.4 Å². The quantitative estimate of drug-likeness (QED) is 0.390. The highest BCUT2D eigenvalue weighted by Crippen LogP contribution is 2.27. The lowest BCUT2D eigenvalue weighted by Crippen LogP contribution is -2.09. The Balaban J connectivity index is 2.32. The van der Waals surface area contributed by atoms with E-state index in [1.54, 1.807) is 0 Å². The van der Waals surface area contributed by atoms with Gasteiger partial charge in [-0.3, -0.25) is 15.5 Å². The summed E-state index contributed by atoms with van der Waals surface area (Å²) in [5.74, 6) is 0.345. The first-order chi connectivity index (χ1) is 10.6. The van der Waals surface area contributed by atoms with Crippen LogP contribution in [0.15, 0.2) is 53.6 Å². The fraction of sp³-hybridized carbons (Fsp3) is 0.133. The van der Waals surface area contributed by atoms with Crippen LogP contribution in [0.2, 0.25) is 5.02 Å². The Morgan fingerprint density at radius 1 is 1.32 bits per heavy atom. The van der Waals surface area contributed by atoms with Crippen molar-refractivity contribution in [2.24, 2.45) is 5.10 Å². The number of ether oxygens (including phenoxy) is 1. The number of rotatable bonds is 5. The van der Waals surface area contributed by atoms with Gasteiger partial charge in [-0.2, -0.15) is 0 Å². The van der Waals surface area contributed by atoms with E-state index in [0.717, 1.165) is 5.56 Å².